The van der Waals surface area contributed by atoms with Gasteiger partial charge in [-0.25, -0.2) is 0 Å². The Labute approximate surface area is 59.2 Å². The van der Waals surface area contributed by atoms with Gasteiger partial charge in [-0.3, -0.25) is 4.79 Å². The normalized spacial score (nSPS) is 22.3. The molecule has 0 spiro atoms. The molecule has 10 heavy (non-hydrogen) atoms. The third-order valence-electron chi connectivity index (χ3n) is 1.26. The van der Waals surface area contributed by atoms with Crippen LogP contribution in [0.1, 0.15) is 6.42 Å². The Morgan fingerprint density at radius 1 is 1.80 bits per heavy atom. The van der Waals surface area contributed by atoms with Crippen LogP contribution in [-0.2, 0) is 9.53 Å². The van der Waals surface area contributed by atoms with Crippen LogP contribution in [0.3, 0.4) is 0 Å². The molecule has 2 N–H and O–H groups in total. The highest BCUT2D eigenvalue weighted by atomic mass is 16.5. The van der Waals surface area contributed by atoms with E-state index in [2.05, 4.69) is 10.1 Å². The van der Waals surface area contributed by atoms with Crippen LogP contribution < -0.4 is 5.32 Å². The predicted octanol–water partition coefficient (Wildman–Crippen LogP) is -1.12. The summed E-state index contributed by atoms with van der Waals surface area (Å²) < 4.78 is 4.61. The van der Waals surface area contributed by atoms with Gasteiger partial charge in [0.1, 0.15) is 6.61 Å². The lowest BCUT2D eigenvalue weighted by molar-refractivity contribution is -0.144. The SMILES string of the molecule is O=C(CC1CN1)OCCO. The fraction of sp³-hybridized carbons (Fsp3) is 0.833. The van der Waals surface area contributed by atoms with Crippen LogP contribution in [0.15, 0.2) is 0 Å². The van der Waals surface area contributed by atoms with Crippen LogP contribution in [0.25, 0.3) is 0 Å². The smallest absolute Gasteiger partial charge is 0.307 e. The molecule has 1 saturated heterocycles. The van der Waals surface area contributed by atoms with E-state index in [1.54, 1.807) is 0 Å². The average molecular weight is 145 g/mol. The standard InChI is InChI=1S/C6H11NO3/c8-1-2-10-6(9)3-5-4-7-5/h5,7-8H,1-4H2. The summed E-state index contributed by atoms with van der Waals surface area (Å²) in [6.45, 7) is 0.934. The van der Waals surface area contributed by atoms with Crippen molar-refractivity contribution in [3.8, 4) is 0 Å². The zero-order valence-electron chi connectivity index (χ0n) is 5.67. The fourth-order valence-corrected chi connectivity index (χ4v) is 0.647. The van der Waals surface area contributed by atoms with Crippen LogP contribution in [0.2, 0.25) is 0 Å². The predicted molar refractivity (Wildman–Crippen MR) is 34.5 cm³/mol. The number of hydrogen-bond acceptors (Lipinski definition) is 4. The molecule has 1 aliphatic heterocycles. The van der Waals surface area contributed by atoms with Gasteiger partial charge in [0.25, 0.3) is 0 Å². The number of ether oxygens (including phenoxy) is 1. The molecular weight excluding hydrogens is 134 g/mol. The highest BCUT2D eigenvalue weighted by molar-refractivity contribution is 5.70. The summed E-state index contributed by atoms with van der Waals surface area (Å²) in [5, 5.41) is 11.3. The van der Waals surface area contributed by atoms with E-state index in [0.717, 1.165) is 6.54 Å². The van der Waals surface area contributed by atoms with E-state index in [0.29, 0.717) is 12.5 Å². The Bertz CT molecular complexity index is 122. The van der Waals surface area contributed by atoms with Crippen molar-refractivity contribution in [1.29, 1.82) is 0 Å². The molecule has 1 unspecified atom stereocenters. The fourth-order valence-electron chi connectivity index (χ4n) is 0.647. The average Bonchev–Trinajstić information content (AvgIpc) is 2.67. The molecule has 0 aliphatic carbocycles. The van der Waals surface area contributed by atoms with Gasteiger partial charge < -0.3 is 15.2 Å². The number of rotatable bonds is 4. The Hall–Kier alpha value is -0.610. The maximum Gasteiger partial charge on any atom is 0.307 e. The van der Waals surface area contributed by atoms with E-state index in [-0.39, 0.29) is 19.2 Å². The van der Waals surface area contributed by atoms with Crippen LogP contribution in [0.5, 0.6) is 0 Å². The van der Waals surface area contributed by atoms with E-state index in [1.165, 1.54) is 0 Å². The first-order chi connectivity index (χ1) is 4.83. The van der Waals surface area contributed by atoms with E-state index in [9.17, 15) is 4.79 Å². The molecule has 0 radical (unpaired) electrons. The third kappa shape index (κ3) is 2.80. The summed E-state index contributed by atoms with van der Waals surface area (Å²) in [5.74, 6) is -0.232. The van der Waals surface area contributed by atoms with Gasteiger partial charge in [-0.1, -0.05) is 0 Å². The second kappa shape index (κ2) is 3.53. The Morgan fingerprint density at radius 3 is 3.00 bits per heavy atom. The van der Waals surface area contributed by atoms with E-state index in [4.69, 9.17) is 5.11 Å². The van der Waals surface area contributed by atoms with Crippen LogP contribution in [-0.4, -0.2) is 36.9 Å². The van der Waals surface area contributed by atoms with Crippen molar-refractivity contribution in [2.45, 2.75) is 12.5 Å². The zero-order valence-corrected chi connectivity index (χ0v) is 5.67. The van der Waals surface area contributed by atoms with Gasteiger partial charge in [0, 0.05) is 12.6 Å². The van der Waals surface area contributed by atoms with E-state index >= 15 is 0 Å². The first-order valence-corrected chi connectivity index (χ1v) is 3.33. The van der Waals surface area contributed by atoms with Gasteiger partial charge in [0.05, 0.1) is 13.0 Å². The van der Waals surface area contributed by atoms with Crippen molar-refractivity contribution < 1.29 is 14.6 Å². The number of nitrogens with one attached hydrogen (secondary N) is 1. The van der Waals surface area contributed by atoms with Gasteiger partial charge in [0.15, 0.2) is 0 Å². The summed E-state index contributed by atoms with van der Waals surface area (Å²) in [6.07, 6.45) is 0.431. The summed E-state index contributed by atoms with van der Waals surface area (Å²) >= 11 is 0. The van der Waals surface area contributed by atoms with E-state index < -0.39 is 0 Å². The molecule has 1 fully saturated rings. The summed E-state index contributed by atoms with van der Waals surface area (Å²) in [7, 11) is 0. The maximum absolute atomic E-state index is 10.7. The van der Waals surface area contributed by atoms with Gasteiger partial charge in [0.2, 0.25) is 0 Å². The molecule has 4 nitrogen and oxygen atoms in total. The number of esters is 1. The Balaban J connectivity index is 1.97. The van der Waals surface area contributed by atoms with Gasteiger partial charge in [-0.15, -0.1) is 0 Å². The quantitative estimate of drug-likeness (QED) is 0.388. The summed E-state index contributed by atoms with van der Waals surface area (Å²) in [6, 6.07) is 0.325. The first kappa shape index (κ1) is 7.50. The van der Waals surface area contributed by atoms with Crippen LogP contribution in [0, 0.1) is 0 Å². The lowest BCUT2D eigenvalue weighted by atomic mass is 10.3. The molecule has 0 amide bonds. The second-order valence-electron chi connectivity index (χ2n) is 2.25. The minimum absolute atomic E-state index is 0.0934. The number of hydrogen-bond donors (Lipinski definition) is 2. The molecule has 0 bridgehead atoms. The number of aliphatic hydroxyl groups excluding tert-OH is 1. The van der Waals surface area contributed by atoms with Crippen molar-refractivity contribution in [3.05, 3.63) is 0 Å². The third-order valence-corrected chi connectivity index (χ3v) is 1.26. The molecule has 0 saturated carbocycles. The van der Waals surface area contributed by atoms with Crippen LogP contribution >= 0.6 is 0 Å². The highest BCUT2D eigenvalue weighted by Crippen LogP contribution is 2.03. The lowest BCUT2D eigenvalue weighted by Crippen LogP contribution is -2.11. The van der Waals surface area contributed by atoms with Crippen molar-refractivity contribution in [1.82, 2.24) is 5.32 Å². The molecule has 0 aromatic carbocycles. The minimum atomic E-state index is -0.232. The maximum atomic E-state index is 10.7. The summed E-state index contributed by atoms with van der Waals surface area (Å²) in [5.41, 5.74) is 0. The van der Waals surface area contributed by atoms with Crippen molar-refractivity contribution in [3.63, 3.8) is 0 Å². The number of carbonyl (C=O) groups is 1. The number of carbonyl (C=O) groups excluding carboxylic acids is 1. The first-order valence-electron chi connectivity index (χ1n) is 3.33. The summed E-state index contributed by atoms with van der Waals surface area (Å²) in [4.78, 5) is 10.7. The molecule has 1 aliphatic rings. The molecule has 0 aromatic rings. The Kier molecular flexibility index (Phi) is 2.65. The van der Waals surface area contributed by atoms with Crippen LogP contribution in [0.4, 0.5) is 0 Å². The second-order valence-corrected chi connectivity index (χ2v) is 2.25. The van der Waals surface area contributed by atoms with Gasteiger partial charge in [-0.2, -0.15) is 0 Å². The number of aliphatic hydroxyl groups is 1. The Morgan fingerprint density at radius 2 is 2.50 bits per heavy atom. The molecule has 0 aromatic heterocycles. The monoisotopic (exact) mass is 145 g/mol. The van der Waals surface area contributed by atoms with Gasteiger partial charge in [-0.05, 0) is 0 Å². The van der Waals surface area contributed by atoms with Crippen molar-refractivity contribution >= 4 is 5.97 Å². The minimum Gasteiger partial charge on any atom is -0.463 e. The van der Waals surface area contributed by atoms with Gasteiger partial charge >= 0.3 is 5.97 Å². The topological polar surface area (TPSA) is 68.5 Å². The largest absolute Gasteiger partial charge is 0.463 e. The molecule has 1 rings (SSSR count). The van der Waals surface area contributed by atoms with Crippen molar-refractivity contribution in [2.24, 2.45) is 0 Å². The molecule has 1 heterocycles. The highest BCUT2D eigenvalue weighted by Gasteiger charge is 2.23. The molecule has 58 valence electrons. The van der Waals surface area contributed by atoms with Crippen molar-refractivity contribution in [2.75, 3.05) is 19.8 Å². The molecule has 1 atom stereocenters. The lowest BCUT2D eigenvalue weighted by Gasteiger charge is -1.99. The van der Waals surface area contributed by atoms with E-state index in [1.807, 2.05) is 0 Å². The molecular formula is C6H11NO3. The zero-order chi connectivity index (χ0) is 7.40. The molecule has 4 heteroatoms.